The summed E-state index contributed by atoms with van der Waals surface area (Å²) in [6.45, 7) is 1.90. The Morgan fingerprint density at radius 3 is 2.53 bits per heavy atom. The minimum absolute atomic E-state index is 0.292. The third-order valence-corrected chi connectivity index (χ3v) is 5.48. The Kier molecular flexibility index (Phi) is 6.17. The molecule has 0 radical (unpaired) electrons. The van der Waals surface area contributed by atoms with Crippen molar-refractivity contribution in [2.75, 3.05) is 7.11 Å². The Bertz CT molecular complexity index is 1200. The van der Waals surface area contributed by atoms with Gasteiger partial charge in [0.2, 0.25) is 5.89 Å². The van der Waals surface area contributed by atoms with Crippen molar-refractivity contribution in [3.8, 4) is 22.8 Å². The van der Waals surface area contributed by atoms with E-state index >= 15 is 0 Å². The molecule has 2 heterocycles. The van der Waals surface area contributed by atoms with Gasteiger partial charge in [0.25, 0.3) is 0 Å². The molecule has 4 aromatic rings. The van der Waals surface area contributed by atoms with E-state index in [2.05, 4.69) is 20.3 Å². The number of rotatable bonds is 7. The summed E-state index contributed by atoms with van der Waals surface area (Å²) >= 11 is 1.25. The van der Waals surface area contributed by atoms with Gasteiger partial charge in [-0.1, -0.05) is 29.9 Å². The maximum absolute atomic E-state index is 13.3. The summed E-state index contributed by atoms with van der Waals surface area (Å²) in [4.78, 5) is 4.26. The third kappa shape index (κ3) is 4.62. The van der Waals surface area contributed by atoms with Crippen molar-refractivity contribution in [1.82, 2.24) is 24.9 Å². The molecular weight excluding hydrogens is 443 g/mol. The van der Waals surface area contributed by atoms with Crippen molar-refractivity contribution >= 4 is 11.8 Å². The Balaban J connectivity index is 1.75. The van der Waals surface area contributed by atoms with Crippen LogP contribution in [0.4, 0.5) is 13.2 Å². The molecule has 32 heavy (non-hydrogen) atoms. The van der Waals surface area contributed by atoms with Crippen LogP contribution >= 0.6 is 11.8 Å². The molecule has 0 amide bonds. The highest BCUT2D eigenvalue weighted by Crippen LogP contribution is 2.34. The smallest absolute Gasteiger partial charge is 0.416 e. The van der Waals surface area contributed by atoms with Crippen LogP contribution in [0, 0.1) is 0 Å². The van der Waals surface area contributed by atoms with Crippen molar-refractivity contribution in [2.45, 2.75) is 30.4 Å². The first-order chi connectivity index (χ1) is 15.4. The van der Waals surface area contributed by atoms with Crippen molar-refractivity contribution in [3.63, 3.8) is 0 Å². The molecule has 7 nitrogen and oxygen atoms in total. The number of alkyl halides is 3. The molecule has 0 N–H and O–H groups in total. The fourth-order valence-electron chi connectivity index (χ4n) is 2.97. The average molecular weight is 461 g/mol. The van der Waals surface area contributed by atoms with Crippen molar-refractivity contribution in [1.29, 1.82) is 0 Å². The van der Waals surface area contributed by atoms with E-state index in [1.165, 1.54) is 17.8 Å². The summed E-state index contributed by atoms with van der Waals surface area (Å²) in [6, 6.07) is 12.1. The van der Waals surface area contributed by atoms with E-state index in [1.807, 2.05) is 6.92 Å². The lowest BCUT2D eigenvalue weighted by atomic mass is 10.1. The molecule has 0 aliphatic carbocycles. The van der Waals surface area contributed by atoms with Gasteiger partial charge in [-0.25, -0.2) is 0 Å². The highest BCUT2D eigenvalue weighted by molar-refractivity contribution is 7.98. The summed E-state index contributed by atoms with van der Waals surface area (Å²) in [5, 5.41) is 12.8. The largest absolute Gasteiger partial charge is 0.497 e. The van der Waals surface area contributed by atoms with Crippen LogP contribution in [0.5, 0.6) is 5.75 Å². The number of hydrogen-bond donors (Lipinski definition) is 0. The van der Waals surface area contributed by atoms with Crippen molar-refractivity contribution < 1.29 is 22.4 Å². The first-order valence-electron chi connectivity index (χ1n) is 9.60. The molecule has 4 rings (SSSR count). The van der Waals surface area contributed by atoms with Gasteiger partial charge in [0.05, 0.1) is 24.1 Å². The molecule has 0 atom stereocenters. The number of benzene rings is 2. The number of ether oxygens (including phenoxy) is 1. The number of nitrogens with zero attached hydrogens (tertiary/aromatic N) is 5. The fourth-order valence-corrected chi connectivity index (χ4v) is 3.76. The number of methoxy groups -OCH3 is 1. The molecule has 0 fully saturated rings. The van der Waals surface area contributed by atoms with E-state index in [0.29, 0.717) is 51.9 Å². The van der Waals surface area contributed by atoms with Gasteiger partial charge in [0.1, 0.15) is 5.75 Å². The zero-order valence-corrected chi connectivity index (χ0v) is 17.9. The van der Waals surface area contributed by atoms with Gasteiger partial charge in [-0.3, -0.25) is 4.57 Å². The number of halogens is 3. The fraction of sp³-hybridized carbons (Fsp3) is 0.238. The Labute approximate surface area is 185 Å². The van der Waals surface area contributed by atoms with E-state index in [9.17, 15) is 13.2 Å². The zero-order chi connectivity index (χ0) is 22.7. The van der Waals surface area contributed by atoms with Crippen LogP contribution in [-0.4, -0.2) is 32.0 Å². The van der Waals surface area contributed by atoms with Crippen LogP contribution in [0.2, 0.25) is 0 Å². The zero-order valence-electron chi connectivity index (χ0n) is 17.1. The highest BCUT2D eigenvalue weighted by atomic mass is 32.2. The van der Waals surface area contributed by atoms with Gasteiger partial charge in [-0.05, 0) is 42.5 Å². The summed E-state index contributed by atoms with van der Waals surface area (Å²) in [7, 11) is 1.55. The lowest BCUT2D eigenvalue weighted by molar-refractivity contribution is -0.137. The molecular formula is C21H18F3N5O2S. The summed E-state index contributed by atoms with van der Waals surface area (Å²) < 4.78 is 51.9. The number of aromatic nitrogens is 5. The predicted molar refractivity (Wildman–Crippen MR) is 112 cm³/mol. The Morgan fingerprint density at radius 1 is 1.09 bits per heavy atom. The van der Waals surface area contributed by atoms with Gasteiger partial charge in [-0.2, -0.15) is 18.2 Å². The molecule has 2 aromatic carbocycles. The molecule has 0 bridgehead atoms. The van der Waals surface area contributed by atoms with Crippen LogP contribution in [0.15, 0.2) is 58.2 Å². The van der Waals surface area contributed by atoms with E-state index in [-0.39, 0.29) is 0 Å². The van der Waals surface area contributed by atoms with E-state index in [1.54, 1.807) is 42.0 Å². The van der Waals surface area contributed by atoms with Gasteiger partial charge >= 0.3 is 6.18 Å². The third-order valence-electron chi connectivity index (χ3n) is 4.56. The molecule has 0 saturated carbocycles. The lowest BCUT2D eigenvalue weighted by Gasteiger charge is -2.13. The minimum atomic E-state index is -4.47. The van der Waals surface area contributed by atoms with Crippen molar-refractivity contribution in [2.24, 2.45) is 0 Å². The molecule has 11 heteroatoms. The van der Waals surface area contributed by atoms with Gasteiger partial charge in [0.15, 0.2) is 16.8 Å². The highest BCUT2D eigenvalue weighted by Gasteiger charge is 2.31. The topological polar surface area (TPSA) is 78.9 Å². The second-order valence-electron chi connectivity index (χ2n) is 6.66. The predicted octanol–water partition coefficient (Wildman–Crippen LogP) is 5.20. The molecule has 0 aliphatic rings. The monoisotopic (exact) mass is 461 g/mol. The Hall–Kier alpha value is -3.34. The summed E-state index contributed by atoms with van der Waals surface area (Å²) in [5.41, 5.74) is 0.210. The number of aryl methyl sites for hydroxylation is 1. The van der Waals surface area contributed by atoms with Crippen LogP contribution < -0.4 is 4.74 Å². The maximum atomic E-state index is 13.3. The Morgan fingerprint density at radius 2 is 1.88 bits per heavy atom. The SMILES string of the molecule is CCc1nc(CSc2nnc(-c3ccc(OC)cc3)n2-c2cccc(C(F)(F)F)c2)no1. The van der Waals surface area contributed by atoms with Crippen LogP contribution in [0.25, 0.3) is 17.1 Å². The molecule has 0 spiro atoms. The van der Waals surface area contributed by atoms with Gasteiger partial charge < -0.3 is 9.26 Å². The summed E-state index contributed by atoms with van der Waals surface area (Å²) in [6.07, 6.45) is -3.86. The average Bonchev–Trinajstić information content (AvgIpc) is 3.44. The van der Waals surface area contributed by atoms with Crippen LogP contribution in [0.1, 0.15) is 24.2 Å². The second-order valence-corrected chi connectivity index (χ2v) is 7.61. The van der Waals surface area contributed by atoms with E-state index in [4.69, 9.17) is 9.26 Å². The molecule has 0 unspecified atom stereocenters. The van der Waals surface area contributed by atoms with Crippen molar-refractivity contribution in [3.05, 3.63) is 65.8 Å². The van der Waals surface area contributed by atoms with E-state index in [0.717, 1.165) is 12.1 Å². The second kappa shape index (κ2) is 9.03. The minimum Gasteiger partial charge on any atom is -0.497 e. The number of hydrogen-bond acceptors (Lipinski definition) is 7. The first-order valence-corrected chi connectivity index (χ1v) is 10.6. The molecule has 2 aromatic heterocycles. The summed E-state index contributed by atoms with van der Waals surface area (Å²) in [5.74, 6) is 2.35. The number of thioether (sulfide) groups is 1. The van der Waals surface area contributed by atoms with Crippen LogP contribution in [0.3, 0.4) is 0 Å². The molecule has 166 valence electrons. The lowest BCUT2D eigenvalue weighted by Crippen LogP contribution is -2.07. The standard InChI is InChI=1S/C21H18F3N5O2S/c1-3-18-25-17(28-31-18)12-32-20-27-26-19(13-7-9-16(30-2)10-8-13)29(20)15-6-4-5-14(11-15)21(22,23)24/h4-11H,3,12H2,1-2H3. The molecule has 0 aliphatic heterocycles. The van der Waals surface area contributed by atoms with Gasteiger partial charge in [-0.15, -0.1) is 10.2 Å². The molecule has 0 saturated heterocycles. The van der Waals surface area contributed by atoms with Gasteiger partial charge in [0, 0.05) is 12.0 Å². The normalized spacial score (nSPS) is 11.7. The van der Waals surface area contributed by atoms with E-state index < -0.39 is 11.7 Å². The first kappa shape index (κ1) is 21.9. The quantitative estimate of drug-likeness (QED) is 0.350. The van der Waals surface area contributed by atoms with Crippen LogP contribution in [-0.2, 0) is 18.3 Å². The maximum Gasteiger partial charge on any atom is 0.416 e.